The quantitative estimate of drug-likeness (QED) is 0.802. The Morgan fingerprint density at radius 3 is 2.45 bits per heavy atom. The topological polar surface area (TPSA) is 39.2 Å². The summed E-state index contributed by atoms with van der Waals surface area (Å²) in [7, 11) is 0. The fourth-order valence-corrected chi connectivity index (χ4v) is 1.67. The SMILES string of the molecule is CC(=O)c1cccc(-c2ccccc2OC(F)(F)F)n1. The first-order valence-electron chi connectivity index (χ1n) is 5.70. The van der Waals surface area contributed by atoms with E-state index in [1.165, 1.54) is 37.3 Å². The maximum absolute atomic E-state index is 12.3. The zero-order chi connectivity index (χ0) is 14.8. The molecule has 1 aromatic heterocycles. The molecular weight excluding hydrogens is 271 g/mol. The number of hydrogen-bond acceptors (Lipinski definition) is 3. The number of para-hydroxylation sites is 1. The lowest BCUT2D eigenvalue weighted by molar-refractivity contribution is -0.274. The minimum Gasteiger partial charge on any atom is -0.405 e. The van der Waals surface area contributed by atoms with E-state index in [-0.39, 0.29) is 28.5 Å². The van der Waals surface area contributed by atoms with Crippen LogP contribution in [0.4, 0.5) is 13.2 Å². The van der Waals surface area contributed by atoms with Crippen LogP contribution in [0.3, 0.4) is 0 Å². The van der Waals surface area contributed by atoms with E-state index in [0.717, 1.165) is 0 Å². The standard InChI is InChI=1S/C14H10F3NO2/c1-9(19)11-6-4-7-12(18-11)10-5-2-3-8-13(10)20-14(15,16)17/h2-8H,1H3. The van der Waals surface area contributed by atoms with Crippen molar-refractivity contribution in [2.24, 2.45) is 0 Å². The molecule has 0 amide bonds. The fraction of sp³-hybridized carbons (Fsp3) is 0.143. The molecule has 0 unspecified atom stereocenters. The molecule has 1 heterocycles. The van der Waals surface area contributed by atoms with Crippen LogP contribution in [-0.4, -0.2) is 17.1 Å². The summed E-state index contributed by atoms with van der Waals surface area (Å²) in [5.41, 5.74) is 0.606. The maximum Gasteiger partial charge on any atom is 0.573 e. The Morgan fingerprint density at radius 1 is 1.10 bits per heavy atom. The number of ketones is 1. The second-order valence-electron chi connectivity index (χ2n) is 4.01. The van der Waals surface area contributed by atoms with Gasteiger partial charge < -0.3 is 4.74 Å². The molecule has 0 radical (unpaired) electrons. The average molecular weight is 281 g/mol. The Balaban J connectivity index is 2.47. The highest BCUT2D eigenvalue weighted by molar-refractivity contribution is 5.92. The molecule has 0 atom stereocenters. The zero-order valence-electron chi connectivity index (χ0n) is 10.4. The van der Waals surface area contributed by atoms with Gasteiger partial charge in [-0.1, -0.05) is 18.2 Å². The normalized spacial score (nSPS) is 11.2. The van der Waals surface area contributed by atoms with Gasteiger partial charge in [-0.15, -0.1) is 13.2 Å². The number of halogens is 3. The molecule has 0 aliphatic rings. The molecule has 0 N–H and O–H groups in total. The van der Waals surface area contributed by atoms with E-state index in [4.69, 9.17) is 0 Å². The van der Waals surface area contributed by atoms with Gasteiger partial charge in [0.1, 0.15) is 11.4 Å². The minimum absolute atomic E-state index is 0.174. The first-order chi connectivity index (χ1) is 9.37. The van der Waals surface area contributed by atoms with Gasteiger partial charge in [0.05, 0.1) is 5.69 Å². The van der Waals surface area contributed by atoms with Crippen LogP contribution >= 0.6 is 0 Å². The summed E-state index contributed by atoms with van der Waals surface area (Å²) in [6.45, 7) is 1.34. The molecule has 0 spiro atoms. The Kier molecular flexibility index (Phi) is 3.74. The first kappa shape index (κ1) is 14.0. The summed E-state index contributed by atoms with van der Waals surface area (Å²) in [6, 6.07) is 10.2. The average Bonchev–Trinajstić information content (AvgIpc) is 2.37. The van der Waals surface area contributed by atoms with E-state index in [9.17, 15) is 18.0 Å². The third-order valence-corrected chi connectivity index (χ3v) is 2.50. The summed E-state index contributed by atoms with van der Waals surface area (Å²) >= 11 is 0. The van der Waals surface area contributed by atoms with E-state index in [0.29, 0.717) is 0 Å². The van der Waals surface area contributed by atoms with Crippen LogP contribution in [0.25, 0.3) is 11.3 Å². The Morgan fingerprint density at radius 2 is 1.80 bits per heavy atom. The predicted molar refractivity (Wildman–Crippen MR) is 66.4 cm³/mol. The van der Waals surface area contributed by atoms with Gasteiger partial charge in [0, 0.05) is 12.5 Å². The highest BCUT2D eigenvalue weighted by atomic mass is 19.4. The number of hydrogen-bond donors (Lipinski definition) is 0. The van der Waals surface area contributed by atoms with Crippen molar-refractivity contribution in [3.05, 3.63) is 48.2 Å². The van der Waals surface area contributed by atoms with Crippen LogP contribution in [0, 0.1) is 0 Å². The van der Waals surface area contributed by atoms with Crippen molar-refractivity contribution in [2.45, 2.75) is 13.3 Å². The molecule has 0 aliphatic carbocycles. The Labute approximate surface area is 113 Å². The van der Waals surface area contributed by atoms with E-state index in [2.05, 4.69) is 9.72 Å². The second kappa shape index (κ2) is 5.32. The van der Waals surface area contributed by atoms with Gasteiger partial charge in [0.2, 0.25) is 0 Å². The van der Waals surface area contributed by atoms with Gasteiger partial charge >= 0.3 is 6.36 Å². The fourth-order valence-electron chi connectivity index (χ4n) is 1.67. The van der Waals surface area contributed by atoms with Crippen LogP contribution in [0.1, 0.15) is 17.4 Å². The molecule has 0 saturated heterocycles. The molecule has 20 heavy (non-hydrogen) atoms. The van der Waals surface area contributed by atoms with E-state index >= 15 is 0 Å². The number of rotatable bonds is 3. The Hall–Kier alpha value is -2.37. The number of carbonyl (C=O) groups is 1. The molecule has 0 fully saturated rings. The maximum atomic E-state index is 12.3. The highest BCUT2D eigenvalue weighted by Crippen LogP contribution is 2.32. The highest BCUT2D eigenvalue weighted by Gasteiger charge is 2.32. The number of carbonyl (C=O) groups excluding carboxylic acids is 1. The van der Waals surface area contributed by atoms with Crippen molar-refractivity contribution in [3.63, 3.8) is 0 Å². The summed E-state index contributed by atoms with van der Waals surface area (Å²) in [5, 5.41) is 0. The summed E-state index contributed by atoms with van der Waals surface area (Å²) < 4.78 is 41.0. The van der Waals surface area contributed by atoms with Crippen LogP contribution in [0.15, 0.2) is 42.5 Å². The lowest BCUT2D eigenvalue weighted by atomic mass is 10.1. The summed E-state index contributed by atoms with van der Waals surface area (Å²) in [4.78, 5) is 15.3. The number of ether oxygens (including phenoxy) is 1. The van der Waals surface area contributed by atoms with Gasteiger partial charge in [-0.05, 0) is 24.3 Å². The predicted octanol–water partition coefficient (Wildman–Crippen LogP) is 3.85. The Bertz CT molecular complexity index is 638. The van der Waals surface area contributed by atoms with Crippen molar-refractivity contribution in [1.29, 1.82) is 0 Å². The first-order valence-corrected chi connectivity index (χ1v) is 5.70. The van der Waals surface area contributed by atoms with Crippen molar-refractivity contribution < 1.29 is 22.7 Å². The van der Waals surface area contributed by atoms with Crippen molar-refractivity contribution in [2.75, 3.05) is 0 Å². The molecule has 3 nitrogen and oxygen atoms in total. The lowest BCUT2D eigenvalue weighted by Crippen LogP contribution is -2.17. The molecule has 0 aliphatic heterocycles. The molecule has 2 rings (SSSR count). The second-order valence-corrected chi connectivity index (χ2v) is 4.01. The number of pyridine rings is 1. The van der Waals surface area contributed by atoms with Crippen LogP contribution in [-0.2, 0) is 0 Å². The van der Waals surface area contributed by atoms with Gasteiger partial charge in [-0.25, -0.2) is 4.98 Å². The largest absolute Gasteiger partial charge is 0.573 e. The van der Waals surface area contributed by atoms with E-state index in [1.807, 2.05) is 0 Å². The minimum atomic E-state index is -4.78. The van der Waals surface area contributed by atoms with Crippen LogP contribution in [0.5, 0.6) is 5.75 Å². The number of aromatic nitrogens is 1. The summed E-state index contributed by atoms with van der Waals surface area (Å²) in [6.07, 6.45) is -4.78. The van der Waals surface area contributed by atoms with Gasteiger partial charge in [0.15, 0.2) is 5.78 Å². The number of benzene rings is 1. The number of Topliss-reactive ketones (excluding diaryl/α,β-unsaturated/α-hetero) is 1. The third kappa shape index (κ3) is 3.34. The summed E-state index contributed by atoms with van der Waals surface area (Å²) in [5.74, 6) is -0.616. The molecular formula is C14H10F3NO2. The molecule has 104 valence electrons. The zero-order valence-corrected chi connectivity index (χ0v) is 10.4. The molecule has 0 bridgehead atoms. The van der Waals surface area contributed by atoms with Crippen LogP contribution < -0.4 is 4.74 Å². The van der Waals surface area contributed by atoms with Gasteiger partial charge in [-0.2, -0.15) is 0 Å². The smallest absolute Gasteiger partial charge is 0.405 e. The number of nitrogens with zero attached hydrogens (tertiary/aromatic N) is 1. The van der Waals surface area contributed by atoms with Crippen LogP contribution in [0.2, 0.25) is 0 Å². The van der Waals surface area contributed by atoms with Gasteiger partial charge in [0.25, 0.3) is 0 Å². The monoisotopic (exact) mass is 281 g/mol. The van der Waals surface area contributed by atoms with E-state index < -0.39 is 6.36 Å². The van der Waals surface area contributed by atoms with Gasteiger partial charge in [-0.3, -0.25) is 4.79 Å². The molecule has 1 aromatic carbocycles. The van der Waals surface area contributed by atoms with Crippen molar-refractivity contribution in [1.82, 2.24) is 4.98 Å². The van der Waals surface area contributed by atoms with E-state index in [1.54, 1.807) is 12.1 Å². The third-order valence-electron chi connectivity index (χ3n) is 2.50. The molecule has 6 heteroatoms. The van der Waals surface area contributed by atoms with Crippen molar-refractivity contribution in [3.8, 4) is 17.0 Å². The molecule has 0 saturated carbocycles. The molecule has 2 aromatic rings. The van der Waals surface area contributed by atoms with Crippen molar-refractivity contribution >= 4 is 5.78 Å². The number of alkyl halides is 3. The lowest BCUT2D eigenvalue weighted by Gasteiger charge is -2.13.